The molecule has 3 nitrogen and oxygen atoms in total. The van der Waals surface area contributed by atoms with Crippen LogP contribution >= 0.6 is 0 Å². The maximum absolute atomic E-state index is 4.65. The van der Waals surface area contributed by atoms with Crippen LogP contribution in [0.5, 0.6) is 0 Å². The van der Waals surface area contributed by atoms with Gasteiger partial charge in [0, 0.05) is 26.2 Å². The van der Waals surface area contributed by atoms with Crippen LogP contribution in [-0.4, -0.2) is 16.6 Å². The Morgan fingerprint density at radius 3 is 2.65 bits per heavy atom. The molecule has 3 rings (SSSR count). The van der Waals surface area contributed by atoms with Crippen LogP contribution in [-0.2, 0) is 13.5 Å². The molecule has 1 heterocycles. The first-order valence-electron chi connectivity index (χ1n) is 6.96. The number of nitrogens with one attached hydrogen (secondary N) is 1. The minimum absolute atomic E-state index is 0.954. The summed E-state index contributed by atoms with van der Waals surface area (Å²) in [5.41, 5.74) is 5.83. The van der Waals surface area contributed by atoms with Crippen molar-refractivity contribution in [1.29, 1.82) is 0 Å². The lowest BCUT2D eigenvalue weighted by molar-refractivity contribution is 0.829. The van der Waals surface area contributed by atoms with E-state index in [9.17, 15) is 0 Å². The molecule has 0 amide bonds. The largest absolute Gasteiger partial charge is 0.388 e. The fourth-order valence-electron chi connectivity index (χ4n) is 2.59. The van der Waals surface area contributed by atoms with Crippen LogP contribution in [0.2, 0.25) is 0 Å². The highest BCUT2D eigenvalue weighted by molar-refractivity contribution is 5.83. The SMILES string of the molecule is CCc1nc2ccc(-c3cccc(NC)c3)cc2n1C. The van der Waals surface area contributed by atoms with Gasteiger partial charge in [0.15, 0.2) is 0 Å². The van der Waals surface area contributed by atoms with Crippen LogP contribution in [0.1, 0.15) is 12.7 Å². The molecule has 0 aliphatic rings. The number of imidazole rings is 1. The van der Waals surface area contributed by atoms with Crippen molar-refractivity contribution in [3.63, 3.8) is 0 Å². The number of benzene rings is 2. The molecular formula is C17H19N3. The van der Waals surface area contributed by atoms with Crippen molar-refractivity contribution < 1.29 is 0 Å². The highest BCUT2D eigenvalue weighted by Crippen LogP contribution is 2.26. The minimum Gasteiger partial charge on any atom is -0.388 e. The van der Waals surface area contributed by atoms with E-state index < -0.39 is 0 Å². The van der Waals surface area contributed by atoms with Crippen molar-refractivity contribution in [2.45, 2.75) is 13.3 Å². The lowest BCUT2D eigenvalue weighted by Gasteiger charge is -2.06. The van der Waals surface area contributed by atoms with Gasteiger partial charge in [0.25, 0.3) is 0 Å². The Morgan fingerprint density at radius 1 is 1.10 bits per heavy atom. The summed E-state index contributed by atoms with van der Waals surface area (Å²) in [5, 5.41) is 3.18. The molecule has 2 aromatic carbocycles. The molecule has 1 N–H and O–H groups in total. The van der Waals surface area contributed by atoms with E-state index in [1.54, 1.807) is 0 Å². The summed E-state index contributed by atoms with van der Waals surface area (Å²) in [4.78, 5) is 4.65. The van der Waals surface area contributed by atoms with E-state index in [2.05, 4.69) is 71.3 Å². The predicted molar refractivity (Wildman–Crippen MR) is 85.1 cm³/mol. The maximum atomic E-state index is 4.65. The fraction of sp³-hybridized carbons (Fsp3) is 0.235. The topological polar surface area (TPSA) is 29.9 Å². The van der Waals surface area contributed by atoms with Gasteiger partial charge in [0.2, 0.25) is 0 Å². The van der Waals surface area contributed by atoms with Crippen molar-refractivity contribution >= 4 is 16.7 Å². The average molecular weight is 265 g/mol. The summed E-state index contributed by atoms with van der Waals surface area (Å²) < 4.78 is 2.18. The number of fused-ring (bicyclic) bond motifs is 1. The normalized spacial score (nSPS) is 10.9. The van der Waals surface area contributed by atoms with Crippen molar-refractivity contribution in [2.24, 2.45) is 7.05 Å². The second kappa shape index (κ2) is 5.00. The molecule has 0 spiro atoms. The second-order valence-electron chi connectivity index (χ2n) is 4.97. The number of aryl methyl sites for hydroxylation is 2. The van der Waals surface area contributed by atoms with Gasteiger partial charge < -0.3 is 9.88 Å². The number of nitrogens with zero attached hydrogens (tertiary/aromatic N) is 2. The fourth-order valence-corrected chi connectivity index (χ4v) is 2.59. The molecule has 0 saturated carbocycles. The number of hydrogen-bond donors (Lipinski definition) is 1. The average Bonchev–Trinajstić information content (AvgIpc) is 2.83. The Kier molecular flexibility index (Phi) is 3.18. The van der Waals surface area contributed by atoms with Crippen molar-refractivity contribution in [3.8, 4) is 11.1 Å². The summed E-state index contributed by atoms with van der Waals surface area (Å²) in [6.07, 6.45) is 0.954. The maximum Gasteiger partial charge on any atom is 0.109 e. The molecule has 0 saturated heterocycles. The highest BCUT2D eigenvalue weighted by atomic mass is 15.1. The molecule has 0 bridgehead atoms. The molecule has 102 valence electrons. The zero-order valence-corrected chi connectivity index (χ0v) is 12.1. The Morgan fingerprint density at radius 2 is 1.90 bits per heavy atom. The van der Waals surface area contributed by atoms with Gasteiger partial charge in [-0.2, -0.15) is 0 Å². The Labute approximate surface area is 119 Å². The zero-order chi connectivity index (χ0) is 14.1. The molecule has 0 aliphatic heterocycles. The summed E-state index contributed by atoms with van der Waals surface area (Å²) in [5.74, 6) is 1.13. The van der Waals surface area contributed by atoms with E-state index in [1.165, 1.54) is 16.6 Å². The van der Waals surface area contributed by atoms with Gasteiger partial charge >= 0.3 is 0 Å². The molecular weight excluding hydrogens is 246 g/mol. The number of hydrogen-bond acceptors (Lipinski definition) is 2. The number of aromatic nitrogens is 2. The summed E-state index contributed by atoms with van der Waals surface area (Å²) >= 11 is 0. The summed E-state index contributed by atoms with van der Waals surface area (Å²) in [7, 11) is 4.03. The monoisotopic (exact) mass is 265 g/mol. The Balaban J connectivity index is 2.14. The standard InChI is InChI=1S/C17H19N3/c1-4-17-19-15-9-8-13(11-16(15)20(17)3)12-6-5-7-14(10-12)18-2/h5-11,18H,4H2,1-3H3. The van der Waals surface area contributed by atoms with Crippen LogP contribution in [0.4, 0.5) is 5.69 Å². The molecule has 20 heavy (non-hydrogen) atoms. The van der Waals surface area contributed by atoms with E-state index in [4.69, 9.17) is 0 Å². The van der Waals surface area contributed by atoms with Crippen molar-refractivity contribution in [3.05, 3.63) is 48.3 Å². The van der Waals surface area contributed by atoms with E-state index in [0.29, 0.717) is 0 Å². The third-order valence-corrected chi connectivity index (χ3v) is 3.77. The Hall–Kier alpha value is -2.29. The van der Waals surface area contributed by atoms with Gasteiger partial charge in [-0.1, -0.05) is 25.1 Å². The van der Waals surface area contributed by atoms with E-state index in [-0.39, 0.29) is 0 Å². The summed E-state index contributed by atoms with van der Waals surface area (Å²) in [6, 6.07) is 14.9. The molecule has 3 heteroatoms. The van der Waals surface area contributed by atoms with Crippen molar-refractivity contribution in [1.82, 2.24) is 9.55 Å². The number of rotatable bonds is 3. The predicted octanol–water partition coefficient (Wildman–Crippen LogP) is 3.84. The van der Waals surface area contributed by atoms with Crippen LogP contribution in [0.25, 0.3) is 22.2 Å². The molecule has 0 fully saturated rings. The van der Waals surface area contributed by atoms with E-state index in [1.807, 2.05) is 7.05 Å². The van der Waals surface area contributed by atoms with Gasteiger partial charge in [-0.05, 0) is 35.4 Å². The molecule has 0 atom stereocenters. The smallest absolute Gasteiger partial charge is 0.109 e. The second-order valence-corrected chi connectivity index (χ2v) is 4.97. The quantitative estimate of drug-likeness (QED) is 0.779. The number of anilines is 1. The molecule has 0 unspecified atom stereocenters. The van der Waals surface area contributed by atoms with Gasteiger partial charge in [-0.25, -0.2) is 4.98 Å². The first-order chi connectivity index (χ1) is 9.72. The summed E-state index contributed by atoms with van der Waals surface area (Å²) in [6.45, 7) is 2.14. The van der Waals surface area contributed by atoms with Crippen molar-refractivity contribution in [2.75, 3.05) is 12.4 Å². The third kappa shape index (κ3) is 2.05. The lowest BCUT2D eigenvalue weighted by Crippen LogP contribution is -1.95. The van der Waals surface area contributed by atoms with Crippen LogP contribution < -0.4 is 5.32 Å². The molecule has 1 aromatic heterocycles. The molecule has 3 aromatic rings. The van der Waals surface area contributed by atoms with E-state index >= 15 is 0 Å². The molecule has 0 radical (unpaired) electrons. The van der Waals surface area contributed by atoms with Crippen LogP contribution in [0, 0.1) is 0 Å². The van der Waals surface area contributed by atoms with Gasteiger partial charge in [0.1, 0.15) is 5.82 Å². The Bertz CT molecular complexity index is 756. The van der Waals surface area contributed by atoms with Crippen LogP contribution in [0.15, 0.2) is 42.5 Å². The van der Waals surface area contributed by atoms with Crippen LogP contribution in [0.3, 0.4) is 0 Å². The van der Waals surface area contributed by atoms with E-state index in [0.717, 1.165) is 23.4 Å². The lowest BCUT2D eigenvalue weighted by atomic mass is 10.0. The molecule has 0 aliphatic carbocycles. The minimum atomic E-state index is 0.954. The van der Waals surface area contributed by atoms with Gasteiger partial charge in [-0.3, -0.25) is 0 Å². The van der Waals surface area contributed by atoms with Gasteiger partial charge in [-0.15, -0.1) is 0 Å². The highest BCUT2D eigenvalue weighted by Gasteiger charge is 2.07. The van der Waals surface area contributed by atoms with Gasteiger partial charge in [0.05, 0.1) is 11.0 Å². The third-order valence-electron chi connectivity index (χ3n) is 3.77. The first-order valence-corrected chi connectivity index (χ1v) is 6.96. The zero-order valence-electron chi connectivity index (χ0n) is 12.1. The first kappa shape index (κ1) is 12.7.